The highest BCUT2D eigenvalue weighted by atomic mass is 32.2. The van der Waals surface area contributed by atoms with Crippen LogP contribution in [0.1, 0.15) is 27.6 Å². The maximum Gasteiger partial charge on any atom is 0.338 e. The number of hydrogen-bond acceptors (Lipinski definition) is 5. The summed E-state index contributed by atoms with van der Waals surface area (Å²) < 4.78 is 27.9. The quantitative estimate of drug-likeness (QED) is 0.621. The molecule has 6 heteroatoms. The number of esters is 1. The average Bonchev–Trinajstić information content (AvgIpc) is 2.54. The lowest BCUT2D eigenvalue weighted by Gasteiger charge is -2.12. The van der Waals surface area contributed by atoms with Crippen LogP contribution in [0, 0.1) is 0 Å². The van der Waals surface area contributed by atoms with Crippen molar-refractivity contribution in [2.45, 2.75) is 17.9 Å². The fraction of sp³-hybridized carbons (Fsp3) is 0.176. The second kappa shape index (κ2) is 6.75. The lowest BCUT2D eigenvalue weighted by atomic mass is 10.1. The lowest BCUT2D eigenvalue weighted by molar-refractivity contribution is 0.0318. The molecule has 0 saturated carbocycles. The van der Waals surface area contributed by atoms with Crippen LogP contribution in [0.3, 0.4) is 0 Å². The molecule has 5 nitrogen and oxygen atoms in total. The van der Waals surface area contributed by atoms with Gasteiger partial charge in [0, 0.05) is 11.8 Å². The first kappa shape index (κ1) is 16.9. The molecule has 0 heterocycles. The van der Waals surface area contributed by atoms with E-state index < -0.39 is 21.9 Å². The van der Waals surface area contributed by atoms with Gasteiger partial charge in [-0.05, 0) is 31.2 Å². The third-order valence-corrected chi connectivity index (χ3v) is 4.36. The van der Waals surface area contributed by atoms with E-state index >= 15 is 0 Å². The number of carbonyl (C=O) groups excluding carboxylic acids is 2. The number of rotatable bonds is 5. The van der Waals surface area contributed by atoms with Gasteiger partial charge in [-0.2, -0.15) is 0 Å². The standard InChI is InChI=1S/C17H16O5S/c1-12(16(18)13-6-4-3-5-7-13)22-17(19)14-8-10-15(11-9-14)23(2,20)21/h3-12H,1-2H3. The van der Waals surface area contributed by atoms with Gasteiger partial charge in [0.05, 0.1) is 10.5 Å². The van der Waals surface area contributed by atoms with Crippen molar-refractivity contribution in [3.8, 4) is 0 Å². The second-order valence-corrected chi connectivity index (χ2v) is 7.09. The Balaban J connectivity index is 2.08. The third kappa shape index (κ3) is 4.26. The summed E-state index contributed by atoms with van der Waals surface area (Å²) in [6.07, 6.45) is 0.153. The Morgan fingerprint density at radius 2 is 1.48 bits per heavy atom. The first-order chi connectivity index (χ1) is 10.8. The minimum Gasteiger partial charge on any atom is -0.451 e. The van der Waals surface area contributed by atoms with Crippen molar-refractivity contribution in [1.82, 2.24) is 0 Å². The molecule has 2 aromatic carbocycles. The van der Waals surface area contributed by atoms with Crippen LogP contribution in [0.5, 0.6) is 0 Å². The molecule has 0 bridgehead atoms. The van der Waals surface area contributed by atoms with Crippen LogP contribution in [0.4, 0.5) is 0 Å². The van der Waals surface area contributed by atoms with Crippen molar-refractivity contribution >= 4 is 21.6 Å². The lowest BCUT2D eigenvalue weighted by Crippen LogP contribution is -2.24. The molecule has 0 aliphatic heterocycles. The number of Topliss-reactive ketones (excluding diaryl/α,β-unsaturated/α-hetero) is 1. The Hall–Kier alpha value is -2.47. The van der Waals surface area contributed by atoms with E-state index in [1.807, 2.05) is 0 Å². The highest BCUT2D eigenvalue weighted by Gasteiger charge is 2.20. The minimum atomic E-state index is -3.32. The Labute approximate surface area is 134 Å². The number of carbonyl (C=O) groups is 2. The highest BCUT2D eigenvalue weighted by molar-refractivity contribution is 7.90. The summed E-state index contributed by atoms with van der Waals surface area (Å²) in [6, 6.07) is 13.9. The number of sulfone groups is 1. The molecule has 0 amide bonds. The van der Waals surface area contributed by atoms with Gasteiger partial charge in [0.1, 0.15) is 0 Å². The van der Waals surface area contributed by atoms with E-state index in [4.69, 9.17) is 4.74 Å². The molecule has 23 heavy (non-hydrogen) atoms. The molecule has 1 unspecified atom stereocenters. The van der Waals surface area contributed by atoms with Gasteiger partial charge in [-0.1, -0.05) is 30.3 Å². The summed E-state index contributed by atoms with van der Waals surface area (Å²) in [7, 11) is -3.32. The summed E-state index contributed by atoms with van der Waals surface area (Å²) in [4.78, 5) is 24.3. The predicted octanol–water partition coefficient (Wildman–Crippen LogP) is 2.52. The van der Waals surface area contributed by atoms with Gasteiger partial charge in [-0.25, -0.2) is 13.2 Å². The van der Waals surface area contributed by atoms with Gasteiger partial charge in [-0.3, -0.25) is 4.79 Å². The van der Waals surface area contributed by atoms with Crippen molar-refractivity contribution in [3.05, 3.63) is 65.7 Å². The van der Waals surface area contributed by atoms with E-state index in [-0.39, 0.29) is 16.2 Å². The molecule has 0 spiro atoms. The third-order valence-electron chi connectivity index (χ3n) is 3.23. The fourth-order valence-electron chi connectivity index (χ4n) is 1.96. The zero-order valence-corrected chi connectivity index (χ0v) is 13.5. The Kier molecular flexibility index (Phi) is 4.95. The molecule has 2 rings (SSSR count). The van der Waals surface area contributed by atoms with E-state index in [0.717, 1.165) is 6.26 Å². The second-order valence-electron chi connectivity index (χ2n) is 5.07. The van der Waals surface area contributed by atoms with Crippen LogP contribution in [-0.4, -0.2) is 32.5 Å². The zero-order chi connectivity index (χ0) is 17.0. The van der Waals surface area contributed by atoms with E-state index in [1.165, 1.54) is 31.2 Å². The molecular formula is C17H16O5S. The first-order valence-electron chi connectivity index (χ1n) is 6.89. The summed E-state index contributed by atoms with van der Waals surface area (Å²) in [6.45, 7) is 1.50. The number of benzene rings is 2. The van der Waals surface area contributed by atoms with E-state index in [9.17, 15) is 18.0 Å². The van der Waals surface area contributed by atoms with Crippen LogP contribution >= 0.6 is 0 Å². The SMILES string of the molecule is CC(OC(=O)c1ccc(S(C)(=O)=O)cc1)C(=O)c1ccccc1. The molecule has 1 atom stereocenters. The minimum absolute atomic E-state index is 0.113. The topological polar surface area (TPSA) is 77.5 Å². The summed E-state index contributed by atoms with van der Waals surface area (Å²) in [5, 5.41) is 0. The molecule has 120 valence electrons. The van der Waals surface area contributed by atoms with Crippen LogP contribution in [0.2, 0.25) is 0 Å². The van der Waals surface area contributed by atoms with Crippen molar-refractivity contribution in [3.63, 3.8) is 0 Å². The maximum atomic E-state index is 12.1. The van der Waals surface area contributed by atoms with Crippen molar-refractivity contribution in [2.24, 2.45) is 0 Å². The molecule has 0 aliphatic rings. The van der Waals surface area contributed by atoms with Gasteiger partial charge < -0.3 is 4.74 Å². The summed E-state index contributed by atoms with van der Waals surface area (Å²) in [5.74, 6) is -0.978. The number of ketones is 1. The molecule has 0 saturated heterocycles. The molecule has 0 aliphatic carbocycles. The summed E-state index contributed by atoms with van der Waals surface area (Å²) >= 11 is 0. The van der Waals surface area contributed by atoms with Crippen LogP contribution < -0.4 is 0 Å². The van der Waals surface area contributed by atoms with Gasteiger partial charge >= 0.3 is 5.97 Å². The number of hydrogen-bond donors (Lipinski definition) is 0. The van der Waals surface area contributed by atoms with Crippen LogP contribution in [-0.2, 0) is 14.6 Å². The van der Waals surface area contributed by atoms with Gasteiger partial charge in [0.2, 0.25) is 5.78 Å². The highest BCUT2D eigenvalue weighted by Crippen LogP contribution is 2.13. The molecule has 0 aromatic heterocycles. The largest absolute Gasteiger partial charge is 0.451 e. The normalized spacial score (nSPS) is 12.4. The van der Waals surface area contributed by atoms with E-state index in [0.29, 0.717) is 5.56 Å². The fourth-order valence-corrected chi connectivity index (χ4v) is 2.59. The van der Waals surface area contributed by atoms with Gasteiger partial charge in [0.15, 0.2) is 15.9 Å². The Bertz CT molecular complexity index is 808. The van der Waals surface area contributed by atoms with Crippen LogP contribution in [0.15, 0.2) is 59.5 Å². The summed E-state index contributed by atoms with van der Waals surface area (Å²) in [5.41, 5.74) is 0.644. The molecule has 0 radical (unpaired) electrons. The zero-order valence-electron chi connectivity index (χ0n) is 12.7. The van der Waals surface area contributed by atoms with Crippen molar-refractivity contribution in [1.29, 1.82) is 0 Å². The van der Waals surface area contributed by atoms with E-state index in [1.54, 1.807) is 30.3 Å². The molecule has 0 fully saturated rings. The predicted molar refractivity (Wildman–Crippen MR) is 85.2 cm³/mol. The molecule has 2 aromatic rings. The monoisotopic (exact) mass is 332 g/mol. The smallest absolute Gasteiger partial charge is 0.338 e. The average molecular weight is 332 g/mol. The van der Waals surface area contributed by atoms with Gasteiger partial charge in [0.25, 0.3) is 0 Å². The van der Waals surface area contributed by atoms with Crippen molar-refractivity contribution < 1.29 is 22.7 Å². The van der Waals surface area contributed by atoms with Gasteiger partial charge in [-0.15, -0.1) is 0 Å². The van der Waals surface area contributed by atoms with Crippen molar-refractivity contribution in [2.75, 3.05) is 6.26 Å². The Morgan fingerprint density at radius 1 is 0.913 bits per heavy atom. The first-order valence-corrected chi connectivity index (χ1v) is 8.78. The number of ether oxygens (including phenoxy) is 1. The van der Waals surface area contributed by atoms with Crippen LogP contribution in [0.25, 0.3) is 0 Å². The molecular weight excluding hydrogens is 316 g/mol. The molecule has 0 N–H and O–H groups in total. The van der Waals surface area contributed by atoms with E-state index in [2.05, 4.69) is 0 Å². The maximum absolute atomic E-state index is 12.1. The Morgan fingerprint density at radius 3 is 2.00 bits per heavy atom.